The van der Waals surface area contributed by atoms with Crippen LogP contribution in [0.3, 0.4) is 0 Å². The van der Waals surface area contributed by atoms with Gasteiger partial charge in [0.1, 0.15) is 0 Å². The van der Waals surface area contributed by atoms with E-state index in [1.54, 1.807) is 0 Å². The Morgan fingerprint density at radius 3 is 2.32 bits per heavy atom. The molecule has 0 amide bonds. The van der Waals surface area contributed by atoms with E-state index in [9.17, 15) is 0 Å². The lowest BCUT2D eigenvalue weighted by atomic mass is 10.1. The van der Waals surface area contributed by atoms with Gasteiger partial charge in [0.2, 0.25) is 0 Å². The predicted molar refractivity (Wildman–Crippen MR) is 71.5 cm³/mol. The molecule has 0 radical (unpaired) electrons. The second-order valence-electron chi connectivity index (χ2n) is 4.38. The quantitative estimate of drug-likeness (QED) is 0.171. The van der Waals surface area contributed by atoms with Gasteiger partial charge >= 0.3 is 0 Å². The summed E-state index contributed by atoms with van der Waals surface area (Å²) in [5.74, 6) is 0.171. The second-order valence-corrected chi connectivity index (χ2v) is 4.38. The zero-order chi connectivity index (χ0) is 14.5. The summed E-state index contributed by atoms with van der Waals surface area (Å²) in [6.45, 7) is 1.45. The van der Waals surface area contributed by atoms with Crippen LogP contribution >= 0.6 is 0 Å². The van der Waals surface area contributed by atoms with Crippen molar-refractivity contribution in [3.63, 3.8) is 0 Å². The number of ether oxygens (including phenoxy) is 1. The van der Waals surface area contributed by atoms with Crippen LogP contribution in [-0.2, 0) is 4.74 Å². The number of aliphatic imine (C=N–C) groups is 1. The summed E-state index contributed by atoms with van der Waals surface area (Å²) in [7, 11) is 0. The Balaban J connectivity index is 0.000000711. The molecule has 0 spiro atoms. The first-order chi connectivity index (χ1) is 9.02. The molecule has 0 bridgehead atoms. The lowest BCUT2D eigenvalue weighted by Crippen LogP contribution is -2.23. The third kappa shape index (κ3) is 14.4. The van der Waals surface area contributed by atoms with Crippen molar-refractivity contribution in [3.05, 3.63) is 10.1 Å². The Hall–Kier alpha value is -1.57. The van der Waals surface area contributed by atoms with Crippen molar-refractivity contribution in [3.8, 4) is 0 Å². The number of nitrogens with zero attached hydrogens (tertiary/aromatic N) is 2. The highest BCUT2D eigenvalue weighted by Crippen LogP contribution is 2.19. The Bertz CT molecular complexity index is 257. The average Bonchev–Trinajstić information content (AvgIpc) is 2.56. The molecule has 0 aromatic carbocycles. The molecule has 0 unspecified atom stereocenters. The molecule has 1 rings (SSSR count). The van der Waals surface area contributed by atoms with Crippen LogP contribution in [0.1, 0.15) is 44.9 Å². The lowest BCUT2D eigenvalue weighted by molar-refractivity contribution is -0.742. The first-order valence-corrected chi connectivity index (χ1v) is 6.52. The fraction of sp³-hybridized carbons (Fsp3) is 0.909. The summed E-state index contributed by atoms with van der Waals surface area (Å²) < 4.78 is 5.79. The van der Waals surface area contributed by atoms with E-state index < -0.39 is 5.09 Å². The minimum Gasteiger partial charge on any atom is -0.378 e. The first-order valence-electron chi connectivity index (χ1n) is 6.52. The zero-order valence-electron chi connectivity index (χ0n) is 11.2. The maximum absolute atomic E-state index is 8.36. The van der Waals surface area contributed by atoms with Crippen molar-refractivity contribution in [2.75, 3.05) is 13.2 Å². The van der Waals surface area contributed by atoms with E-state index in [1.165, 1.54) is 38.5 Å². The minimum absolute atomic E-state index is 0.171. The van der Waals surface area contributed by atoms with Gasteiger partial charge in [-0.25, -0.2) is 0 Å². The van der Waals surface area contributed by atoms with E-state index in [0.717, 1.165) is 13.0 Å². The molecule has 8 heteroatoms. The molecule has 8 nitrogen and oxygen atoms in total. The van der Waals surface area contributed by atoms with Gasteiger partial charge in [-0.05, 0) is 19.3 Å². The smallest absolute Gasteiger partial charge is 0.291 e. The van der Waals surface area contributed by atoms with Crippen LogP contribution in [0.4, 0.5) is 0 Å². The van der Waals surface area contributed by atoms with Gasteiger partial charge in [-0.1, -0.05) is 25.7 Å². The van der Waals surface area contributed by atoms with Gasteiger partial charge in [-0.3, -0.25) is 4.99 Å². The molecular weight excluding hydrogens is 252 g/mol. The Labute approximate surface area is 112 Å². The summed E-state index contributed by atoms with van der Waals surface area (Å²) >= 11 is 0. The summed E-state index contributed by atoms with van der Waals surface area (Å²) in [5.41, 5.74) is 10.5. The van der Waals surface area contributed by atoms with E-state index in [-0.39, 0.29) is 5.96 Å². The predicted octanol–water partition coefficient (Wildman–Crippen LogP) is 1.04. The van der Waals surface area contributed by atoms with Crippen LogP contribution < -0.4 is 11.5 Å². The fourth-order valence-corrected chi connectivity index (χ4v) is 1.93. The van der Waals surface area contributed by atoms with Gasteiger partial charge in [0, 0.05) is 13.2 Å². The second kappa shape index (κ2) is 11.5. The van der Waals surface area contributed by atoms with Gasteiger partial charge in [0.25, 0.3) is 5.09 Å². The summed E-state index contributed by atoms with van der Waals surface area (Å²) in [5, 5.41) is 13.6. The number of nitrogens with two attached hydrogens (primary N) is 2. The van der Waals surface area contributed by atoms with Crippen LogP contribution in [-0.4, -0.2) is 35.5 Å². The summed E-state index contributed by atoms with van der Waals surface area (Å²) in [6, 6.07) is 0. The van der Waals surface area contributed by atoms with Crippen molar-refractivity contribution in [2.45, 2.75) is 51.0 Å². The van der Waals surface area contributed by atoms with E-state index in [1.807, 2.05) is 0 Å². The molecule has 0 aromatic heterocycles. The highest BCUT2D eigenvalue weighted by Gasteiger charge is 2.11. The van der Waals surface area contributed by atoms with Crippen LogP contribution in [0, 0.1) is 10.1 Å². The molecule has 0 atom stereocenters. The van der Waals surface area contributed by atoms with E-state index >= 15 is 0 Å². The molecule has 0 aliphatic heterocycles. The third-order valence-electron chi connectivity index (χ3n) is 2.75. The van der Waals surface area contributed by atoms with Crippen LogP contribution in [0.2, 0.25) is 0 Å². The van der Waals surface area contributed by atoms with Crippen molar-refractivity contribution >= 4 is 5.96 Å². The number of rotatable bonds is 5. The average molecular weight is 276 g/mol. The molecule has 0 heterocycles. The van der Waals surface area contributed by atoms with Crippen molar-refractivity contribution in [2.24, 2.45) is 16.5 Å². The van der Waals surface area contributed by atoms with Gasteiger partial charge < -0.3 is 21.4 Å². The molecular formula is C11H24N4O4. The molecule has 1 fully saturated rings. The van der Waals surface area contributed by atoms with Crippen LogP contribution in [0.15, 0.2) is 4.99 Å². The molecule has 5 N–H and O–H groups in total. The monoisotopic (exact) mass is 276 g/mol. The molecule has 19 heavy (non-hydrogen) atoms. The van der Waals surface area contributed by atoms with Crippen LogP contribution in [0.5, 0.6) is 0 Å². The minimum atomic E-state index is -1.50. The van der Waals surface area contributed by atoms with E-state index in [4.69, 9.17) is 31.5 Å². The fourth-order valence-electron chi connectivity index (χ4n) is 1.93. The summed E-state index contributed by atoms with van der Waals surface area (Å²) in [4.78, 5) is 12.3. The Kier molecular flexibility index (Phi) is 10.6. The molecule has 0 aromatic rings. The van der Waals surface area contributed by atoms with Crippen LogP contribution in [0.25, 0.3) is 0 Å². The summed E-state index contributed by atoms with van der Waals surface area (Å²) in [6.07, 6.45) is 9.21. The zero-order valence-corrected chi connectivity index (χ0v) is 11.2. The SMILES string of the molecule is NC(N)=NCCCOC1CCCCCC1.O=[N+]([O-])O. The van der Waals surface area contributed by atoms with E-state index in [0.29, 0.717) is 12.6 Å². The van der Waals surface area contributed by atoms with Crippen molar-refractivity contribution < 1.29 is 15.0 Å². The Morgan fingerprint density at radius 2 is 1.84 bits per heavy atom. The maximum atomic E-state index is 8.36. The topological polar surface area (TPSA) is 137 Å². The molecule has 1 saturated carbocycles. The van der Waals surface area contributed by atoms with Gasteiger partial charge in [-0.2, -0.15) is 0 Å². The maximum Gasteiger partial charge on any atom is 0.291 e. The van der Waals surface area contributed by atoms with Gasteiger partial charge in [0.05, 0.1) is 6.10 Å². The standard InChI is InChI=1S/C11H23N3O.HNO3/c12-11(13)14-8-5-9-15-10-6-3-1-2-4-7-10;2-1(3)4/h10H,1-9H2,(H4,12,13,14);(H,2,3,4). The third-order valence-corrected chi connectivity index (χ3v) is 2.75. The highest BCUT2D eigenvalue weighted by atomic mass is 16.9. The lowest BCUT2D eigenvalue weighted by Gasteiger charge is -2.14. The first kappa shape index (κ1) is 17.4. The van der Waals surface area contributed by atoms with Gasteiger partial charge in [0.15, 0.2) is 5.96 Å². The van der Waals surface area contributed by atoms with Crippen molar-refractivity contribution in [1.82, 2.24) is 0 Å². The molecule has 1 aliphatic carbocycles. The van der Waals surface area contributed by atoms with Crippen molar-refractivity contribution in [1.29, 1.82) is 0 Å². The number of hydrogen-bond acceptors (Lipinski definition) is 4. The molecule has 112 valence electrons. The number of guanidine groups is 1. The Morgan fingerprint density at radius 1 is 1.32 bits per heavy atom. The normalized spacial score (nSPS) is 15.8. The number of hydrogen-bond donors (Lipinski definition) is 3. The molecule has 0 saturated heterocycles. The van der Waals surface area contributed by atoms with E-state index in [2.05, 4.69) is 4.99 Å². The molecule has 1 aliphatic rings. The largest absolute Gasteiger partial charge is 0.378 e. The highest BCUT2D eigenvalue weighted by molar-refractivity contribution is 5.75. The van der Waals surface area contributed by atoms with Gasteiger partial charge in [-0.15, -0.1) is 10.1 Å².